The fraction of sp³-hybridized carbons (Fsp3) is 0.348. The van der Waals surface area contributed by atoms with Gasteiger partial charge in [0.1, 0.15) is 5.75 Å². The maximum absolute atomic E-state index is 12.4. The largest absolute Gasteiger partial charge is 0.494 e. The van der Waals surface area contributed by atoms with Gasteiger partial charge in [0.05, 0.1) is 11.9 Å². The molecule has 2 aromatic carbocycles. The molecule has 3 rings (SSSR count). The monoisotopic (exact) mass is 424 g/mol. The molecule has 0 aliphatic rings. The van der Waals surface area contributed by atoms with Crippen molar-refractivity contribution in [3.8, 4) is 22.8 Å². The normalized spacial score (nSPS) is 11.9. The highest BCUT2D eigenvalue weighted by Crippen LogP contribution is 2.31. The number of carbonyl (C=O) groups is 1. The predicted molar refractivity (Wildman–Crippen MR) is 121 cm³/mol. The minimum atomic E-state index is -0.285. The Morgan fingerprint density at radius 3 is 2.60 bits per heavy atom. The second-order valence-corrected chi connectivity index (χ2v) is 8.30. The van der Waals surface area contributed by atoms with Crippen molar-refractivity contribution in [2.75, 3.05) is 13.2 Å². The Morgan fingerprint density at radius 2 is 1.93 bits per heavy atom. The third kappa shape index (κ3) is 5.21. The number of aryl methyl sites for hydroxylation is 1. The van der Waals surface area contributed by atoms with Gasteiger partial charge in [-0.1, -0.05) is 42.4 Å². The van der Waals surface area contributed by atoms with E-state index < -0.39 is 0 Å². The lowest BCUT2D eigenvalue weighted by molar-refractivity contribution is -0.120. The molecule has 0 saturated carbocycles. The smallest absolute Gasteiger partial charge is 0.233 e. The minimum absolute atomic E-state index is 0.000185. The average Bonchev–Trinajstić information content (AvgIpc) is 3.16. The molecule has 1 unspecified atom stereocenters. The number of amides is 1. The second-order valence-electron chi connectivity index (χ2n) is 6.99. The molecule has 0 radical (unpaired) electrons. The molecule has 0 bridgehead atoms. The van der Waals surface area contributed by atoms with E-state index in [0.29, 0.717) is 18.3 Å². The van der Waals surface area contributed by atoms with Crippen LogP contribution in [-0.2, 0) is 4.79 Å². The molecule has 0 spiro atoms. The molecule has 1 aromatic heterocycles. The van der Waals surface area contributed by atoms with E-state index in [4.69, 9.17) is 4.74 Å². The second kappa shape index (κ2) is 10.3. The van der Waals surface area contributed by atoms with Gasteiger partial charge in [-0.05, 0) is 57.5 Å². The van der Waals surface area contributed by atoms with Crippen LogP contribution in [0.25, 0.3) is 17.1 Å². The Kier molecular flexibility index (Phi) is 7.52. The van der Waals surface area contributed by atoms with Gasteiger partial charge in [0, 0.05) is 17.8 Å². The summed E-state index contributed by atoms with van der Waals surface area (Å²) in [7, 11) is 0. The summed E-state index contributed by atoms with van der Waals surface area (Å²) < 4.78 is 7.57. The number of rotatable bonds is 9. The van der Waals surface area contributed by atoms with E-state index in [1.54, 1.807) is 0 Å². The van der Waals surface area contributed by atoms with Gasteiger partial charge >= 0.3 is 0 Å². The van der Waals surface area contributed by atoms with E-state index in [0.717, 1.165) is 34.8 Å². The van der Waals surface area contributed by atoms with Gasteiger partial charge < -0.3 is 10.1 Å². The van der Waals surface area contributed by atoms with E-state index in [9.17, 15) is 4.79 Å². The Balaban J connectivity index is 1.99. The lowest BCUT2D eigenvalue weighted by Gasteiger charge is -2.14. The highest BCUT2D eigenvalue weighted by atomic mass is 32.2. The first-order valence-corrected chi connectivity index (χ1v) is 11.1. The van der Waals surface area contributed by atoms with Gasteiger partial charge in [0.15, 0.2) is 11.0 Å². The van der Waals surface area contributed by atoms with E-state index in [-0.39, 0.29) is 11.2 Å². The summed E-state index contributed by atoms with van der Waals surface area (Å²) in [5.41, 5.74) is 3.05. The zero-order valence-electron chi connectivity index (χ0n) is 17.9. The molecule has 1 N–H and O–H groups in total. The molecular weight excluding hydrogens is 396 g/mol. The number of nitrogens with one attached hydrogen (secondary N) is 1. The molecule has 0 saturated heterocycles. The fourth-order valence-corrected chi connectivity index (χ4v) is 3.90. The maximum atomic E-state index is 12.4. The van der Waals surface area contributed by atoms with E-state index in [1.807, 2.05) is 61.7 Å². The number of thioether (sulfide) groups is 1. The molecular formula is C23H28N4O2S. The third-order valence-electron chi connectivity index (χ3n) is 4.52. The highest BCUT2D eigenvalue weighted by Gasteiger charge is 2.21. The van der Waals surface area contributed by atoms with Crippen LogP contribution in [0, 0.1) is 6.92 Å². The zero-order valence-corrected chi connectivity index (χ0v) is 18.7. The number of hydrogen-bond donors (Lipinski definition) is 1. The SMILES string of the molecule is CCCNC(=O)C(C)Sc1nnc(-c2cccc(C)c2)n1-c1ccc(OCC)cc1. The van der Waals surface area contributed by atoms with Crippen LogP contribution < -0.4 is 10.1 Å². The number of benzene rings is 2. The van der Waals surface area contributed by atoms with Gasteiger partial charge in [-0.25, -0.2) is 0 Å². The van der Waals surface area contributed by atoms with Crippen molar-refractivity contribution in [2.24, 2.45) is 0 Å². The van der Waals surface area contributed by atoms with Crippen molar-refractivity contribution in [2.45, 2.75) is 44.5 Å². The quantitative estimate of drug-likeness (QED) is 0.507. The predicted octanol–water partition coefficient (Wildman–Crippen LogP) is 4.65. The summed E-state index contributed by atoms with van der Waals surface area (Å²) in [6.07, 6.45) is 0.906. The van der Waals surface area contributed by atoms with Gasteiger partial charge in [0.2, 0.25) is 5.91 Å². The number of nitrogens with zero attached hydrogens (tertiary/aromatic N) is 3. The van der Waals surface area contributed by atoms with Gasteiger partial charge in [-0.3, -0.25) is 9.36 Å². The zero-order chi connectivity index (χ0) is 21.5. The van der Waals surface area contributed by atoms with Crippen molar-refractivity contribution < 1.29 is 9.53 Å². The highest BCUT2D eigenvalue weighted by molar-refractivity contribution is 8.00. The van der Waals surface area contributed by atoms with Crippen molar-refractivity contribution in [1.82, 2.24) is 20.1 Å². The summed E-state index contributed by atoms with van der Waals surface area (Å²) >= 11 is 1.40. The number of carbonyl (C=O) groups excluding carboxylic acids is 1. The van der Waals surface area contributed by atoms with E-state index in [2.05, 4.69) is 34.6 Å². The van der Waals surface area contributed by atoms with Crippen molar-refractivity contribution in [3.63, 3.8) is 0 Å². The molecule has 3 aromatic rings. The number of hydrogen-bond acceptors (Lipinski definition) is 5. The summed E-state index contributed by atoms with van der Waals surface area (Å²) in [5, 5.41) is 12.2. The van der Waals surface area contributed by atoms with E-state index >= 15 is 0 Å². The third-order valence-corrected chi connectivity index (χ3v) is 5.56. The molecule has 1 heterocycles. The average molecular weight is 425 g/mol. The lowest BCUT2D eigenvalue weighted by atomic mass is 10.1. The van der Waals surface area contributed by atoms with Crippen LogP contribution in [0.15, 0.2) is 53.7 Å². The molecule has 6 nitrogen and oxygen atoms in total. The first-order valence-electron chi connectivity index (χ1n) is 10.2. The summed E-state index contributed by atoms with van der Waals surface area (Å²) in [4.78, 5) is 12.4. The molecule has 0 aliphatic heterocycles. The van der Waals surface area contributed by atoms with Crippen LogP contribution in [0.3, 0.4) is 0 Å². The van der Waals surface area contributed by atoms with Crippen LogP contribution >= 0.6 is 11.8 Å². The van der Waals surface area contributed by atoms with Gasteiger partial charge in [0.25, 0.3) is 0 Å². The van der Waals surface area contributed by atoms with Crippen LogP contribution in [0.2, 0.25) is 0 Å². The van der Waals surface area contributed by atoms with Gasteiger partial charge in [-0.15, -0.1) is 10.2 Å². The first-order chi connectivity index (χ1) is 14.5. The number of ether oxygens (including phenoxy) is 1. The Labute approximate surface area is 182 Å². The molecule has 158 valence electrons. The van der Waals surface area contributed by atoms with Gasteiger partial charge in [-0.2, -0.15) is 0 Å². The summed E-state index contributed by atoms with van der Waals surface area (Å²) in [6.45, 7) is 9.23. The summed E-state index contributed by atoms with van der Waals surface area (Å²) in [6, 6.07) is 16.0. The standard InChI is InChI=1S/C23H28N4O2S/c1-5-14-24-22(28)17(4)30-23-26-25-21(18-9-7-8-16(3)15-18)27(23)19-10-12-20(13-11-19)29-6-2/h7-13,15,17H,5-6,14H2,1-4H3,(H,24,28). The minimum Gasteiger partial charge on any atom is -0.494 e. The molecule has 0 aliphatic carbocycles. The Hall–Kier alpha value is -2.80. The molecule has 30 heavy (non-hydrogen) atoms. The topological polar surface area (TPSA) is 69.0 Å². The Morgan fingerprint density at radius 1 is 1.17 bits per heavy atom. The van der Waals surface area contributed by atoms with E-state index in [1.165, 1.54) is 11.8 Å². The Bertz CT molecular complexity index is 985. The molecule has 1 atom stereocenters. The van der Waals surface area contributed by atoms with Crippen LogP contribution in [0.1, 0.15) is 32.8 Å². The van der Waals surface area contributed by atoms with Crippen LogP contribution in [-0.4, -0.2) is 39.1 Å². The molecule has 7 heteroatoms. The fourth-order valence-electron chi connectivity index (χ4n) is 3.01. The van der Waals surface area contributed by atoms with Crippen LogP contribution in [0.4, 0.5) is 0 Å². The lowest BCUT2D eigenvalue weighted by Crippen LogP contribution is -2.31. The van der Waals surface area contributed by atoms with Crippen molar-refractivity contribution in [1.29, 1.82) is 0 Å². The van der Waals surface area contributed by atoms with Crippen molar-refractivity contribution in [3.05, 3.63) is 54.1 Å². The number of aromatic nitrogens is 3. The van der Waals surface area contributed by atoms with Crippen LogP contribution in [0.5, 0.6) is 5.75 Å². The molecule has 0 fully saturated rings. The first kappa shape index (κ1) is 21.9. The molecule has 1 amide bonds. The maximum Gasteiger partial charge on any atom is 0.233 e. The van der Waals surface area contributed by atoms with Crippen molar-refractivity contribution >= 4 is 17.7 Å². The summed E-state index contributed by atoms with van der Waals surface area (Å²) in [5.74, 6) is 1.56.